The molecule has 7 heteroatoms. The van der Waals surface area contributed by atoms with Crippen molar-refractivity contribution in [3.8, 4) is 5.75 Å². The Morgan fingerprint density at radius 1 is 1.07 bits per heavy atom. The van der Waals surface area contributed by atoms with Gasteiger partial charge in [-0.05, 0) is 67.9 Å². The predicted octanol–water partition coefficient (Wildman–Crippen LogP) is 3.70. The molecule has 2 saturated carbocycles. The lowest BCUT2D eigenvalue weighted by atomic mass is 9.98. The first-order valence-electron chi connectivity index (χ1n) is 11.1. The Labute approximate surface area is 179 Å². The number of ether oxygens (including phenoxy) is 2. The number of hydrogen-bond acceptors (Lipinski definition) is 6. The molecule has 4 N–H and O–H groups in total. The van der Waals surface area contributed by atoms with Crippen LogP contribution in [0.1, 0.15) is 56.9 Å². The van der Waals surface area contributed by atoms with Crippen LogP contribution in [0.4, 0.5) is 4.79 Å². The average Bonchev–Trinajstić information content (AvgIpc) is 3.57. The highest BCUT2D eigenvalue weighted by Crippen LogP contribution is 2.32. The van der Waals surface area contributed by atoms with Crippen LogP contribution in [0.3, 0.4) is 0 Å². The molecule has 0 heterocycles. The fraction of sp³-hybridized carbons (Fsp3) is 0.609. The van der Waals surface area contributed by atoms with Crippen molar-refractivity contribution in [2.45, 2.75) is 57.5 Å². The van der Waals surface area contributed by atoms with Crippen LogP contribution >= 0.6 is 0 Å². The second-order valence-electron chi connectivity index (χ2n) is 8.58. The van der Waals surface area contributed by atoms with Gasteiger partial charge in [0.15, 0.2) is 0 Å². The zero-order chi connectivity index (χ0) is 21.5. The Kier molecular flexibility index (Phi) is 7.85. The molecule has 2 fully saturated rings. The third-order valence-corrected chi connectivity index (χ3v) is 5.97. The SMILES string of the molecule is CN(CCC1CC1)C(=O)OC/C(=C(/N)c1ccc(OC2CCCCC2)cc1)N(C)N. The summed E-state index contributed by atoms with van der Waals surface area (Å²) in [6.45, 7) is 0.727. The van der Waals surface area contributed by atoms with Crippen molar-refractivity contribution in [1.82, 2.24) is 9.91 Å². The van der Waals surface area contributed by atoms with E-state index in [1.165, 1.54) is 37.1 Å². The molecule has 7 nitrogen and oxygen atoms in total. The lowest BCUT2D eigenvalue weighted by Gasteiger charge is -2.23. The fourth-order valence-electron chi connectivity index (χ4n) is 3.74. The quantitative estimate of drug-likeness (QED) is 0.471. The summed E-state index contributed by atoms with van der Waals surface area (Å²) < 4.78 is 11.5. The zero-order valence-corrected chi connectivity index (χ0v) is 18.3. The monoisotopic (exact) mass is 416 g/mol. The van der Waals surface area contributed by atoms with Gasteiger partial charge < -0.3 is 25.1 Å². The van der Waals surface area contributed by atoms with E-state index in [1.807, 2.05) is 24.3 Å². The smallest absolute Gasteiger partial charge is 0.409 e. The van der Waals surface area contributed by atoms with Crippen molar-refractivity contribution < 1.29 is 14.3 Å². The van der Waals surface area contributed by atoms with E-state index in [1.54, 1.807) is 19.0 Å². The molecule has 0 unspecified atom stereocenters. The van der Waals surface area contributed by atoms with Crippen molar-refractivity contribution in [3.05, 3.63) is 35.5 Å². The first kappa shape index (κ1) is 22.3. The molecule has 0 bridgehead atoms. The Morgan fingerprint density at radius 3 is 2.33 bits per heavy atom. The van der Waals surface area contributed by atoms with E-state index in [0.717, 1.165) is 36.5 Å². The Balaban J connectivity index is 1.58. The number of nitrogens with zero attached hydrogens (tertiary/aromatic N) is 2. The molecule has 0 radical (unpaired) electrons. The van der Waals surface area contributed by atoms with Crippen LogP contribution in [0.25, 0.3) is 5.70 Å². The minimum absolute atomic E-state index is 0.0196. The van der Waals surface area contributed by atoms with Crippen LogP contribution < -0.4 is 16.3 Å². The van der Waals surface area contributed by atoms with Gasteiger partial charge in [-0.25, -0.2) is 10.6 Å². The normalized spacial score (nSPS) is 17.8. The molecule has 1 aromatic rings. The maximum Gasteiger partial charge on any atom is 0.409 e. The molecular weight excluding hydrogens is 380 g/mol. The highest BCUT2D eigenvalue weighted by atomic mass is 16.6. The van der Waals surface area contributed by atoms with Crippen molar-refractivity contribution in [2.75, 3.05) is 27.2 Å². The zero-order valence-electron chi connectivity index (χ0n) is 18.3. The summed E-state index contributed by atoms with van der Waals surface area (Å²) in [5.74, 6) is 7.59. The molecule has 0 spiro atoms. The number of carbonyl (C=O) groups is 1. The molecule has 2 aliphatic rings. The van der Waals surface area contributed by atoms with Gasteiger partial charge in [-0.2, -0.15) is 0 Å². The highest BCUT2D eigenvalue weighted by Gasteiger charge is 2.23. The van der Waals surface area contributed by atoms with Gasteiger partial charge in [0.25, 0.3) is 0 Å². The summed E-state index contributed by atoms with van der Waals surface area (Å²) in [5, 5.41) is 1.40. The number of nitrogens with two attached hydrogens (primary N) is 2. The Bertz CT molecular complexity index is 722. The van der Waals surface area contributed by atoms with E-state index in [4.69, 9.17) is 21.1 Å². The van der Waals surface area contributed by atoms with Gasteiger partial charge in [0.2, 0.25) is 0 Å². The van der Waals surface area contributed by atoms with Crippen LogP contribution in [-0.2, 0) is 4.74 Å². The Morgan fingerprint density at radius 2 is 1.73 bits per heavy atom. The minimum Gasteiger partial charge on any atom is -0.490 e. The van der Waals surface area contributed by atoms with Gasteiger partial charge in [-0.3, -0.25) is 0 Å². The number of hydrogen-bond donors (Lipinski definition) is 2. The molecule has 0 aliphatic heterocycles. The molecule has 30 heavy (non-hydrogen) atoms. The lowest BCUT2D eigenvalue weighted by molar-refractivity contribution is 0.112. The maximum atomic E-state index is 12.3. The number of hydrazine groups is 1. The molecule has 0 atom stereocenters. The van der Waals surface area contributed by atoms with Gasteiger partial charge in [0.1, 0.15) is 12.4 Å². The first-order chi connectivity index (χ1) is 14.4. The number of amides is 1. The van der Waals surface area contributed by atoms with Crippen molar-refractivity contribution in [3.63, 3.8) is 0 Å². The van der Waals surface area contributed by atoms with E-state index in [0.29, 0.717) is 24.0 Å². The van der Waals surface area contributed by atoms with Crippen LogP contribution in [0, 0.1) is 5.92 Å². The summed E-state index contributed by atoms with van der Waals surface area (Å²) in [5.41, 5.74) is 8.21. The number of carbonyl (C=O) groups excluding carboxylic acids is 1. The molecule has 3 rings (SSSR count). The largest absolute Gasteiger partial charge is 0.490 e. The fourth-order valence-corrected chi connectivity index (χ4v) is 3.74. The molecular formula is C23H36N4O3. The van der Waals surface area contributed by atoms with Crippen LogP contribution in [-0.4, -0.2) is 49.4 Å². The molecule has 0 saturated heterocycles. The van der Waals surface area contributed by atoms with Crippen molar-refractivity contribution in [1.29, 1.82) is 0 Å². The van der Waals surface area contributed by atoms with Crippen LogP contribution in [0.15, 0.2) is 30.0 Å². The number of likely N-dealkylation sites (N-methyl/N-ethyl adjacent to an activating group) is 1. The van der Waals surface area contributed by atoms with Gasteiger partial charge >= 0.3 is 6.09 Å². The summed E-state index contributed by atoms with van der Waals surface area (Å²) in [6.07, 6.45) is 9.53. The summed E-state index contributed by atoms with van der Waals surface area (Å²) in [6, 6.07) is 7.70. The average molecular weight is 417 g/mol. The van der Waals surface area contributed by atoms with Gasteiger partial charge in [0, 0.05) is 20.6 Å². The van der Waals surface area contributed by atoms with Gasteiger partial charge in [0.05, 0.1) is 17.5 Å². The highest BCUT2D eigenvalue weighted by molar-refractivity contribution is 5.69. The van der Waals surface area contributed by atoms with Crippen LogP contribution in [0.5, 0.6) is 5.75 Å². The van der Waals surface area contributed by atoms with E-state index in [-0.39, 0.29) is 12.7 Å². The van der Waals surface area contributed by atoms with Gasteiger partial charge in [-0.1, -0.05) is 19.3 Å². The van der Waals surface area contributed by atoms with E-state index >= 15 is 0 Å². The van der Waals surface area contributed by atoms with Crippen molar-refractivity contribution in [2.24, 2.45) is 17.5 Å². The lowest BCUT2D eigenvalue weighted by Crippen LogP contribution is -2.34. The molecule has 1 amide bonds. The second kappa shape index (κ2) is 10.6. The summed E-state index contributed by atoms with van der Waals surface area (Å²) in [4.78, 5) is 13.9. The predicted molar refractivity (Wildman–Crippen MR) is 118 cm³/mol. The standard InChI is InChI=1S/C23H36N4O3/c1-26(15-14-17-8-9-17)23(28)29-16-21(27(2)25)22(24)18-10-12-20(13-11-18)30-19-6-4-3-5-7-19/h10-13,17,19H,3-9,14-16,24-25H2,1-2H3/b22-21-. The second-order valence-corrected chi connectivity index (χ2v) is 8.58. The first-order valence-corrected chi connectivity index (χ1v) is 11.1. The summed E-state index contributed by atoms with van der Waals surface area (Å²) in [7, 11) is 3.45. The topological polar surface area (TPSA) is 94.0 Å². The van der Waals surface area contributed by atoms with E-state index in [2.05, 4.69) is 0 Å². The molecule has 2 aliphatic carbocycles. The van der Waals surface area contributed by atoms with Gasteiger partial charge in [-0.15, -0.1) is 0 Å². The van der Waals surface area contributed by atoms with E-state index < -0.39 is 0 Å². The number of benzene rings is 1. The molecule has 1 aromatic carbocycles. The third kappa shape index (κ3) is 6.55. The Hall–Kier alpha value is -2.41. The number of rotatable bonds is 9. The maximum absolute atomic E-state index is 12.3. The van der Waals surface area contributed by atoms with Crippen LogP contribution in [0.2, 0.25) is 0 Å². The van der Waals surface area contributed by atoms with Crippen molar-refractivity contribution >= 4 is 11.8 Å². The third-order valence-electron chi connectivity index (χ3n) is 5.97. The molecule has 166 valence electrons. The minimum atomic E-state index is -0.362. The molecule has 0 aromatic heterocycles. The summed E-state index contributed by atoms with van der Waals surface area (Å²) >= 11 is 0. The van der Waals surface area contributed by atoms with E-state index in [9.17, 15) is 4.79 Å².